The number of carbonyl (C=O) groups excluding carboxylic acids is 1. The Kier molecular flexibility index (Phi) is 6.61. The summed E-state index contributed by atoms with van der Waals surface area (Å²) in [7, 11) is -0.749. The van der Waals surface area contributed by atoms with Crippen molar-refractivity contribution >= 4 is 33.5 Å². The summed E-state index contributed by atoms with van der Waals surface area (Å²) in [5.41, 5.74) is 1.20. The molecule has 31 heavy (non-hydrogen) atoms. The van der Waals surface area contributed by atoms with E-state index in [1.165, 1.54) is 43.5 Å². The minimum absolute atomic E-state index is 0.0204. The van der Waals surface area contributed by atoms with E-state index in [-0.39, 0.29) is 16.6 Å². The van der Waals surface area contributed by atoms with Crippen molar-refractivity contribution < 1.29 is 27.2 Å². The predicted octanol–water partition coefficient (Wildman–Crippen LogP) is 3.45. The fourth-order valence-corrected chi connectivity index (χ4v) is 3.62. The molecular weight excluding hydrogens is 422 g/mol. The van der Waals surface area contributed by atoms with E-state index in [4.69, 9.17) is 14.0 Å². The molecule has 0 fully saturated rings. The maximum absolute atomic E-state index is 12.4. The molecular formula is C21H21N3O6S. The number of methoxy groups -OCH3 is 2. The fraction of sp³-hybridized carbons (Fsp3) is 0.143. The van der Waals surface area contributed by atoms with Crippen LogP contribution in [0.15, 0.2) is 64.0 Å². The van der Waals surface area contributed by atoms with Gasteiger partial charge < -0.3 is 19.3 Å². The Morgan fingerprint density at radius 2 is 1.74 bits per heavy atom. The molecule has 0 saturated heterocycles. The van der Waals surface area contributed by atoms with Crippen LogP contribution in [0.5, 0.6) is 11.5 Å². The minimum Gasteiger partial charge on any atom is -0.493 e. The number of hydrogen-bond acceptors (Lipinski definition) is 7. The van der Waals surface area contributed by atoms with Crippen molar-refractivity contribution in [3.05, 3.63) is 65.9 Å². The zero-order valence-electron chi connectivity index (χ0n) is 17.1. The standard InChI is InChI=1S/C21H21N3O6S/c1-14-12-20(23-30-14)24-31(26,27)17-8-6-16(7-9-17)22-21(25)11-5-15-4-10-18(28-2)19(13-15)29-3/h4-13H,1-3H3,(H,22,25)(H,23,24)/b11-5+. The summed E-state index contributed by atoms with van der Waals surface area (Å²) < 4.78 is 42.4. The molecule has 0 aliphatic carbocycles. The number of amides is 1. The monoisotopic (exact) mass is 443 g/mol. The summed E-state index contributed by atoms with van der Waals surface area (Å²) in [6, 6.07) is 12.5. The van der Waals surface area contributed by atoms with Gasteiger partial charge in [-0.05, 0) is 55.0 Å². The first-order valence-electron chi connectivity index (χ1n) is 9.08. The molecule has 0 spiro atoms. The second kappa shape index (κ2) is 9.35. The Morgan fingerprint density at radius 3 is 2.35 bits per heavy atom. The van der Waals surface area contributed by atoms with Gasteiger partial charge in [0, 0.05) is 17.8 Å². The Labute approximate surface area is 179 Å². The van der Waals surface area contributed by atoms with Gasteiger partial charge in [0.1, 0.15) is 5.76 Å². The van der Waals surface area contributed by atoms with Crippen LogP contribution < -0.4 is 19.5 Å². The molecule has 1 heterocycles. The molecule has 3 rings (SSSR count). The molecule has 0 saturated carbocycles. The van der Waals surface area contributed by atoms with E-state index in [1.54, 1.807) is 38.3 Å². The average molecular weight is 443 g/mol. The highest BCUT2D eigenvalue weighted by Crippen LogP contribution is 2.28. The smallest absolute Gasteiger partial charge is 0.263 e. The summed E-state index contributed by atoms with van der Waals surface area (Å²) in [6.45, 7) is 1.65. The van der Waals surface area contributed by atoms with E-state index in [1.807, 2.05) is 0 Å². The number of aromatic nitrogens is 1. The Balaban J connectivity index is 1.64. The molecule has 162 valence electrons. The summed E-state index contributed by atoms with van der Waals surface area (Å²) in [6.07, 6.45) is 2.99. The molecule has 0 bridgehead atoms. The number of nitrogens with one attached hydrogen (secondary N) is 2. The number of hydrogen-bond donors (Lipinski definition) is 2. The van der Waals surface area contributed by atoms with Gasteiger partial charge in [0.15, 0.2) is 17.3 Å². The van der Waals surface area contributed by atoms with Crippen molar-refractivity contribution in [1.82, 2.24) is 5.16 Å². The Morgan fingerprint density at radius 1 is 1.03 bits per heavy atom. The van der Waals surface area contributed by atoms with Gasteiger partial charge >= 0.3 is 0 Å². The normalized spacial score (nSPS) is 11.3. The van der Waals surface area contributed by atoms with Crippen LogP contribution in [-0.4, -0.2) is 33.7 Å². The fourth-order valence-electron chi connectivity index (χ4n) is 2.64. The second-order valence-electron chi connectivity index (χ2n) is 6.39. The van der Waals surface area contributed by atoms with Crippen molar-refractivity contribution in [2.45, 2.75) is 11.8 Å². The first-order valence-corrected chi connectivity index (χ1v) is 10.6. The topological polar surface area (TPSA) is 120 Å². The van der Waals surface area contributed by atoms with Gasteiger partial charge in [-0.15, -0.1) is 0 Å². The van der Waals surface area contributed by atoms with Gasteiger partial charge in [-0.25, -0.2) is 8.42 Å². The largest absolute Gasteiger partial charge is 0.493 e. The molecule has 0 atom stereocenters. The number of sulfonamides is 1. The highest BCUT2D eigenvalue weighted by atomic mass is 32.2. The first-order chi connectivity index (χ1) is 14.8. The number of rotatable bonds is 8. The third-order valence-electron chi connectivity index (χ3n) is 4.13. The van der Waals surface area contributed by atoms with E-state index >= 15 is 0 Å². The van der Waals surface area contributed by atoms with Crippen molar-refractivity contribution in [3.8, 4) is 11.5 Å². The van der Waals surface area contributed by atoms with Crippen LogP contribution in [-0.2, 0) is 14.8 Å². The van der Waals surface area contributed by atoms with Crippen LogP contribution in [0.4, 0.5) is 11.5 Å². The minimum atomic E-state index is -3.83. The SMILES string of the molecule is COc1ccc(/C=C/C(=O)Nc2ccc(S(=O)(=O)Nc3cc(C)on3)cc2)cc1OC. The lowest BCUT2D eigenvalue weighted by Crippen LogP contribution is -2.13. The lowest BCUT2D eigenvalue weighted by molar-refractivity contribution is -0.111. The quantitative estimate of drug-likeness (QED) is 0.512. The number of anilines is 2. The number of aryl methyl sites for hydroxylation is 1. The molecule has 0 unspecified atom stereocenters. The zero-order valence-corrected chi connectivity index (χ0v) is 17.9. The van der Waals surface area contributed by atoms with Gasteiger partial charge in [0.2, 0.25) is 5.91 Å². The Hall–Kier alpha value is -3.79. The third kappa shape index (κ3) is 5.64. The molecule has 2 N–H and O–H groups in total. The van der Waals surface area contributed by atoms with Crippen molar-refractivity contribution in [3.63, 3.8) is 0 Å². The molecule has 2 aromatic carbocycles. The maximum atomic E-state index is 12.4. The lowest BCUT2D eigenvalue weighted by Gasteiger charge is -2.08. The van der Waals surface area contributed by atoms with Crippen molar-refractivity contribution in [2.24, 2.45) is 0 Å². The van der Waals surface area contributed by atoms with Gasteiger partial charge in [-0.1, -0.05) is 11.2 Å². The van der Waals surface area contributed by atoms with E-state index in [0.717, 1.165) is 5.56 Å². The van der Waals surface area contributed by atoms with Gasteiger partial charge in [0.05, 0.1) is 19.1 Å². The molecule has 0 aliphatic rings. The predicted molar refractivity (Wildman–Crippen MR) is 116 cm³/mol. The molecule has 9 nitrogen and oxygen atoms in total. The first kappa shape index (κ1) is 21.9. The molecule has 0 aliphatic heterocycles. The van der Waals surface area contributed by atoms with Crippen LogP contribution in [0.25, 0.3) is 6.08 Å². The molecule has 1 amide bonds. The number of carbonyl (C=O) groups is 1. The van der Waals surface area contributed by atoms with Gasteiger partial charge in [0.25, 0.3) is 10.0 Å². The summed E-state index contributed by atoms with van der Waals surface area (Å²) >= 11 is 0. The number of nitrogens with zero attached hydrogens (tertiary/aromatic N) is 1. The van der Waals surface area contributed by atoms with Crippen LogP contribution >= 0.6 is 0 Å². The van der Waals surface area contributed by atoms with Crippen LogP contribution in [0.3, 0.4) is 0 Å². The van der Waals surface area contributed by atoms with E-state index in [2.05, 4.69) is 15.2 Å². The van der Waals surface area contributed by atoms with Crippen molar-refractivity contribution in [2.75, 3.05) is 24.3 Å². The lowest BCUT2D eigenvalue weighted by atomic mass is 10.2. The van der Waals surface area contributed by atoms with E-state index in [0.29, 0.717) is 22.9 Å². The number of benzene rings is 2. The molecule has 10 heteroatoms. The van der Waals surface area contributed by atoms with E-state index in [9.17, 15) is 13.2 Å². The average Bonchev–Trinajstić information content (AvgIpc) is 3.16. The van der Waals surface area contributed by atoms with Gasteiger partial charge in [-0.2, -0.15) is 0 Å². The van der Waals surface area contributed by atoms with Gasteiger partial charge in [-0.3, -0.25) is 9.52 Å². The second-order valence-corrected chi connectivity index (χ2v) is 8.07. The highest BCUT2D eigenvalue weighted by molar-refractivity contribution is 7.92. The summed E-state index contributed by atoms with van der Waals surface area (Å²) in [5, 5.41) is 6.28. The zero-order chi connectivity index (χ0) is 22.4. The van der Waals surface area contributed by atoms with Crippen molar-refractivity contribution in [1.29, 1.82) is 0 Å². The third-order valence-corrected chi connectivity index (χ3v) is 5.50. The maximum Gasteiger partial charge on any atom is 0.263 e. The van der Waals surface area contributed by atoms with E-state index < -0.39 is 10.0 Å². The van der Waals surface area contributed by atoms with Crippen LogP contribution in [0.1, 0.15) is 11.3 Å². The molecule has 3 aromatic rings. The number of ether oxygens (including phenoxy) is 2. The summed E-state index contributed by atoms with van der Waals surface area (Å²) in [4.78, 5) is 12.2. The van der Waals surface area contributed by atoms with Crippen LogP contribution in [0, 0.1) is 6.92 Å². The summed E-state index contributed by atoms with van der Waals surface area (Å²) in [5.74, 6) is 1.34. The molecule has 0 radical (unpaired) electrons. The molecule has 1 aromatic heterocycles. The highest BCUT2D eigenvalue weighted by Gasteiger charge is 2.16. The Bertz CT molecular complexity index is 1200. The van der Waals surface area contributed by atoms with Crippen LogP contribution in [0.2, 0.25) is 0 Å².